The number of hydrogen-bond donors (Lipinski definition) is 1. The smallest absolute Gasteiger partial charge is 0.0574 e. The maximum Gasteiger partial charge on any atom is 0.0574 e. The highest BCUT2D eigenvalue weighted by atomic mass is 79.9. The van der Waals surface area contributed by atoms with E-state index in [1.165, 1.54) is 4.88 Å². The van der Waals surface area contributed by atoms with E-state index in [0.29, 0.717) is 0 Å². The minimum atomic E-state index is 0.894. The molecule has 0 saturated heterocycles. The molecule has 0 aliphatic carbocycles. The Hall–Kier alpha value is -1.07. The summed E-state index contributed by atoms with van der Waals surface area (Å²) in [6.07, 6.45) is 3.70. The van der Waals surface area contributed by atoms with Crippen LogP contribution in [0.25, 0.3) is 0 Å². The van der Waals surface area contributed by atoms with Gasteiger partial charge in [0.2, 0.25) is 0 Å². The molecule has 0 unspecified atom stereocenters. The standard InChI is InChI=1S/C12H14BrN3S/c1-14-10-4-11(6-15-5-10)16(2)7-12-3-9(13)8-17-12/h3-6,8,14H,7H2,1-2H3. The van der Waals surface area contributed by atoms with Gasteiger partial charge in [-0.2, -0.15) is 0 Å². The molecule has 0 bridgehead atoms. The van der Waals surface area contributed by atoms with Crippen molar-refractivity contribution in [1.29, 1.82) is 0 Å². The number of nitrogens with zero attached hydrogens (tertiary/aromatic N) is 2. The maximum absolute atomic E-state index is 4.21. The van der Waals surface area contributed by atoms with Crippen LogP contribution in [-0.2, 0) is 6.54 Å². The van der Waals surface area contributed by atoms with Gasteiger partial charge in [0.1, 0.15) is 0 Å². The Morgan fingerprint density at radius 1 is 1.41 bits per heavy atom. The second kappa shape index (κ2) is 5.51. The van der Waals surface area contributed by atoms with E-state index in [-0.39, 0.29) is 0 Å². The van der Waals surface area contributed by atoms with Crippen LogP contribution >= 0.6 is 27.3 Å². The van der Waals surface area contributed by atoms with Crippen molar-refractivity contribution in [2.45, 2.75) is 6.54 Å². The first kappa shape index (κ1) is 12.4. The largest absolute Gasteiger partial charge is 0.387 e. The summed E-state index contributed by atoms with van der Waals surface area (Å²) in [5.41, 5.74) is 2.14. The highest BCUT2D eigenvalue weighted by molar-refractivity contribution is 9.10. The number of aromatic nitrogens is 1. The van der Waals surface area contributed by atoms with Crippen molar-refractivity contribution in [3.05, 3.63) is 39.3 Å². The van der Waals surface area contributed by atoms with Gasteiger partial charge in [-0.3, -0.25) is 4.98 Å². The van der Waals surface area contributed by atoms with E-state index < -0.39 is 0 Å². The summed E-state index contributed by atoms with van der Waals surface area (Å²) in [4.78, 5) is 7.73. The van der Waals surface area contributed by atoms with Crippen molar-refractivity contribution < 1.29 is 0 Å². The first-order chi connectivity index (χ1) is 8.19. The fourth-order valence-electron chi connectivity index (χ4n) is 1.54. The van der Waals surface area contributed by atoms with Gasteiger partial charge >= 0.3 is 0 Å². The van der Waals surface area contributed by atoms with Crippen molar-refractivity contribution in [2.75, 3.05) is 24.3 Å². The number of halogens is 1. The molecule has 0 amide bonds. The molecule has 0 atom stereocenters. The minimum Gasteiger partial charge on any atom is -0.387 e. The SMILES string of the molecule is CNc1cncc(N(C)Cc2cc(Br)cs2)c1. The molecule has 5 heteroatoms. The average molecular weight is 312 g/mol. The van der Waals surface area contributed by atoms with Gasteiger partial charge in [0.05, 0.1) is 30.3 Å². The molecule has 0 aliphatic rings. The molecular weight excluding hydrogens is 298 g/mol. The highest BCUT2D eigenvalue weighted by Crippen LogP contribution is 2.23. The fraction of sp³-hybridized carbons (Fsp3) is 0.250. The van der Waals surface area contributed by atoms with Crippen LogP contribution in [0.3, 0.4) is 0 Å². The summed E-state index contributed by atoms with van der Waals surface area (Å²) in [7, 11) is 3.97. The molecule has 2 aromatic heterocycles. The van der Waals surface area contributed by atoms with E-state index in [4.69, 9.17) is 0 Å². The second-order valence-electron chi connectivity index (χ2n) is 3.77. The molecule has 2 aromatic rings. The third-order valence-electron chi connectivity index (χ3n) is 2.47. The topological polar surface area (TPSA) is 28.2 Å². The van der Waals surface area contributed by atoms with Gasteiger partial charge in [-0.1, -0.05) is 0 Å². The Morgan fingerprint density at radius 3 is 2.88 bits per heavy atom. The Labute approximate surface area is 114 Å². The van der Waals surface area contributed by atoms with Gasteiger partial charge in [0, 0.05) is 28.8 Å². The molecule has 0 aromatic carbocycles. The third-order valence-corrected chi connectivity index (χ3v) is 4.15. The number of hydrogen-bond acceptors (Lipinski definition) is 4. The van der Waals surface area contributed by atoms with Crippen LogP contribution in [0, 0.1) is 0 Å². The quantitative estimate of drug-likeness (QED) is 0.935. The summed E-state index contributed by atoms with van der Waals surface area (Å²) in [5.74, 6) is 0. The molecule has 1 N–H and O–H groups in total. The number of rotatable bonds is 4. The molecule has 0 fully saturated rings. The lowest BCUT2D eigenvalue weighted by Gasteiger charge is -2.18. The van der Waals surface area contributed by atoms with Crippen LogP contribution in [0.15, 0.2) is 34.4 Å². The lowest BCUT2D eigenvalue weighted by molar-refractivity contribution is 0.934. The molecular formula is C12H14BrN3S. The Morgan fingerprint density at radius 2 is 2.24 bits per heavy atom. The molecule has 0 radical (unpaired) electrons. The molecule has 0 spiro atoms. The van der Waals surface area contributed by atoms with E-state index in [9.17, 15) is 0 Å². The zero-order chi connectivity index (χ0) is 12.3. The van der Waals surface area contributed by atoms with Crippen LogP contribution in [0.2, 0.25) is 0 Å². The average Bonchev–Trinajstić information content (AvgIpc) is 2.75. The molecule has 2 heterocycles. The third kappa shape index (κ3) is 3.20. The number of anilines is 2. The van der Waals surface area contributed by atoms with Gasteiger partial charge in [0.25, 0.3) is 0 Å². The molecule has 17 heavy (non-hydrogen) atoms. The molecule has 0 aliphatic heterocycles. The highest BCUT2D eigenvalue weighted by Gasteiger charge is 2.05. The van der Waals surface area contributed by atoms with Crippen molar-refractivity contribution in [3.8, 4) is 0 Å². The lowest BCUT2D eigenvalue weighted by Crippen LogP contribution is -2.15. The van der Waals surface area contributed by atoms with Gasteiger partial charge < -0.3 is 10.2 Å². The summed E-state index contributed by atoms with van der Waals surface area (Å²) in [5, 5.41) is 5.20. The summed E-state index contributed by atoms with van der Waals surface area (Å²) in [6, 6.07) is 4.24. The van der Waals surface area contributed by atoms with Crippen LogP contribution < -0.4 is 10.2 Å². The predicted octanol–water partition coefficient (Wildman–Crippen LogP) is 3.58. The van der Waals surface area contributed by atoms with E-state index in [1.54, 1.807) is 11.3 Å². The molecule has 0 saturated carbocycles. The first-order valence-electron chi connectivity index (χ1n) is 5.26. The maximum atomic E-state index is 4.21. The monoisotopic (exact) mass is 311 g/mol. The Balaban J connectivity index is 2.11. The van der Waals surface area contributed by atoms with Crippen LogP contribution in [-0.4, -0.2) is 19.1 Å². The summed E-state index contributed by atoms with van der Waals surface area (Å²) < 4.78 is 1.15. The van der Waals surface area contributed by atoms with E-state index in [0.717, 1.165) is 22.4 Å². The number of nitrogens with one attached hydrogen (secondary N) is 1. The van der Waals surface area contributed by atoms with Gasteiger partial charge in [-0.25, -0.2) is 0 Å². The molecule has 90 valence electrons. The van der Waals surface area contributed by atoms with Gasteiger partial charge in [0.15, 0.2) is 0 Å². The van der Waals surface area contributed by atoms with Crippen molar-refractivity contribution in [3.63, 3.8) is 0 Å². The normalized spacial score (nSPS) is 10.3. The molecule has 3 nitrogen and oxygen atoms in total. The van der Waals surface area contributed by atoms with Crippen LogP contribution in [0.4, 0.5) is 11.4 Å². The first-order valence-corrected chi connectivity index (χ1v) is 6.93. The summed E-state index contributed by atoms with van der Waals surface area (Å²) >= 11 is 5.23. The van der Waals surface area contributed by atoms with E-state index in [1.807, 2.05) is 19.4 Å². The summed E-state index contributed by atoms with van der Waals surface area (Å²) in [6.45, 7) is 0.894. The zero-order valence-corrected chi connectivity index (χ0v) is 12.2. The number of thiophene rings is 1. The lowest BCUT2D eigenvalue weighted by atomic mass is 10.3. The van der Waals surface area contributed by atoms with Gasteiger partial charge in [-0.15, -0.1) is 11.3 Å². The van der Waals surface area contributed by atoms with Crippen molar-refractivity contribution in [2.24, 2.45) is 0 Å². The second-order valence-corrected chi connectivity index (χ2v) is 5.68. The Kier molecular flexibility index (Phi) is 4.02. The van der Waals surface area contributed by atoms with E-state index >= 15 is 0 Å². The zero-order valence-electron chi connectivity index (χ0n) is 9.77. The van der Waals surface area contributed by atoms with Crippen molar-refractivity contribution in [1.82, 2.24) is 4.98 Å². The van der Waals surface area contributed by atoms with Crippen LogP contribution in [0.5, 0.6) is 0 Å². The predicted molar refractivity (Wildman–Crippen MR) is 77.9 cm³/mol. The van der Waals surface area contributed by atoms with E-state index in [2.05, 4.69) is 55.7 Å². The molecule has 2 rings (SSSR count). The number of pyridine rings is 1. The van der Waals surface area contributed by atoms with Crippen LogP contribution in [0.1, 0.15) is 4.88 Å². The van der Waals surface area contributed by atoms with Crippen molar-refractivity contribution >= 4 is 38.6 Å². The minimum absolute atomic E-state index is 0.894. The fourth-order valence-corrected chi connectivity index (χ4v) is 3.04. The van der Waals surface area contributed by atoms with Gasteiger partial charge in [-0.05, 0) is 28.1 Å². The Bertz CT molecular complexity index is 498.